The predicted octanol–water partition coefficient (Wildman–Crippen LogP) is 3.97. The van der Waals surface area contributed by atoms with Crippen LogP contribution in [0.1, 0.15) is 28.4 Å². The van der Waals surface area contributed by atoms with E-state index < -0.39 is 10.0 Å². The van der Waals surface area contributed by atoms with Gasteiger partial charge in [-0.05, 0) is 42.1 Å². The van der Waals surface area contributed by atoms with Crippen molar-refractivity contribution in [1.82, 2.24) is 8.87 Å². The molecule has 4 rings (SSSR count). The van der Waals surface area contributed by atoms with Gasteiger partial charge >= 0.3 is 0 Å². The number of fused-ring (bicyclic) bond motifs is 1. The lowest BCUT2D eigenvalue weighted by molar-refractivity contribution is 0.302. The summed E-state index contributed by atoms with van der Waals surface area (Å²) in [5, 5.41) is 2.00. The largest absolute Gasteiger partial charge is 0.348 e. The molecule has 0 radical (unpaired) electrons. The normalized spacial score (nSPS) is 18.6. The molecule has 0 saturated carbocycles. The molecule has 1 unspecified atom stereocenters. The van der Waals surface area contributed by atoms with Crippen LogP contribution >= 0.6 is 22.7 Å². The Hall–Kier alpha value is -1.41. The second kappa shape index (κ2) is 6.15. The van der Waals surface area contributed by atoms with Crippen molar-refractivity contribution in [1.29, 1.82) is 0 Å². The molecule has 0 saturated heterocycles. The van der Waals surface area contributed by atoms with E-state index in [-0.39, 0.29) is 6.04 Å². The van der Waals surface area contributed by atoms with Crippen molar-refractivity contribution >= 4 is 32.7 Å². The lowest BCUT2D eigenvalue weighted by atomic mass is 10.1. The SMILES string of the molecule is CCc1ccc(S(=O)(=O)N2CCn3cccc3C2c2cccs2)s1. The molecule has 1 aliphatic rings. The van der Waals surface area contributed by atoms with Crippen LogP contribution in [-0.2, 0) is 23.0 Å². The van der Waals surface area contributed by atoms with E-state index in [0.717, 1.165) is 21.9 Å². The third kappa shape index (κ3) is 2.56. The minimum absolute atomic E-state index is 0.245. The van der Waals surface area contributed by atoms with Crippen LogP contribution in [0.5, 0.6) is 0 Å². The molecule has 24 heavy (non-hydrogen) atoms. The van der Waals surface area contributed by atoms with Crippen LogP contribution in [0.3, 0.4) is 0 Å². The van der Waals surface area contributed by atoms with Gasteiger partial charge in [-0.1, -0.05) is 13.0 Å². The van der Waals surface area contributed by atoms with Gasteiger partial charge in [-0.25, -0.2) is 8.42 Å². The Kier molecular flexibility index (Phi) is 4.12. The predicted molar refractivity (Wildman–Crippen MR) is 98.2 cm³/mol. The van der Waals surface area contributed by atoms with E-state index in [4.69, 9.17) is 0 Å². The third-order valence-corrected chi connectivity index (χ3v) is 8.84. The number of hydrogen-bond donors (Lipinski definition) is 0. The van der Waals surface area contributed by atoms with Crippen molar-refractivity contribution in [3.05, 3.63) is 63.4 Å². The van der Waals surface area contributed by atoms with Crippen molar-refractivity contribution in [3.63, 3.8) is 0 Å². The monoisotopic (exact) mass is 378 g/mol. The van der Waals surface area contributed by atoms with Crippen LogP contribution in [0, 0.1) is 0 Å². The van der Waals surface area contributed by atoms with Crippen LogP contribution in [-0.4, -0.2) is 23.8 Å². The summed E-state index contributed by atoms with van der Waals surface area (Å²) < 4.78 is 30.8. The lowest BCUT2D eigenvalue weighted by Crippen LogP contribution is -2.41. The summed E-state index contributed by atoms with van der Waals surface area (Å²) in [6, 6.07) is 11.4. The second-order valence-electron chi connectivity index (χ2n) is 5.73. The van der Waals surface area contributed by atoms with Gasteiger partial charge in [0.15, 0.2) is 0 Å². The van der Waals surface area contributed by atoms with E-state index in [9.17, 15) is 8.42 Å². The quantitative estimate of drug-likeness (QED) is 0.689. The molecule has 0 spiro atoms. The summed E-state index contributed by atoms with van der Waals surface area (Å²) in [6.45, 7) is 3.23. The lowest BCUT2D eigenvalue weighted by Gasteiger charge is -2.35. The van der Waals surface area contributed by atoms with E-state index in [2.05, 4.69) is 4.57 Å². The van der Waals surface area contributed by atoms with Gasteiger partial charge in [-0.3, -0.25) is 0 Å². The molecule has 1 atom stereocenters. The highest BCUT2D eigenvalue weighted by molar-refractivity contribution is 7.91. The van der Waals surface area contributed by atoms with Crippen LogP contribution < -0.4 is 0 Å². The van der Waals surface area contributed by atoms with Crippen LogP contribution in [0.25, 0.3) is 0 Å². The van der Waals surface area contributed by atoms with Crippen molar-refractivity contribution in [3.8, 4) is 0 Å². The summed E-state index contributed by atoms with van der Waals surface area (Å²) in [4.78, 5) is 2.16. The molecule has 0 fully saturated rings. The van der Waals surface area contributed by atoms with Crippen LogP contribution in [0.2, 0.25) is 0 Å². The van der Waals surface area contributed by atoms with Gasteiger partial charge in [-0.15, -0.1) is 22.7 Å². The smallest absolute Gasteiger partial charge is 0.253 e. The van der Waals surface area contributed by atoms with E-state index in [1.54, 1.807) is 21.7 Å². The van der Waals surface area contributed by atoms with Gasteiger partial charge in [0.05, 0.1) is 6.04 Å². The molecule has 4 heterocycles. The van der Waals surface area contributed by atoms with Crippen LogP contribution in [0.4, 0.5) is 0 Å². The second-order valence-corrected chi connectivity index (χ2v) is 10.00. The minimum Gasteiger partial charge on any atom is -0.348 e. The van der Waals surface area contributed by atoms with E-state index in [0.29, 0.717) is 17.3 Å². The molecule has 0 bridgehead atoms. The third-order valence-electron chi connectivity index (χ3n) is 4.36. The Bertz CT molecular complexity index is 938. The molecule has 3 aromatic heterocycles. The van der Waals surface area contributed by atoms with Gasteiger partial charge in [-0.2, -0.15) is 4.31 Å². The Morgan fingerprint density at radius 2 is 2.04 bits per heavy atom. The van der Waals surface area contributed by atoms with Gasteiger partial charge in [0.2, 0.25) is 0 Å². The molecule has 0 N–H and O–H groups in total. The summed E-state index contributed by atoms with van der Waals surface area (Å²) >= 11 is 2.99. The molecule has 126 valence electrons. The summed E-state index contributed by atoms with van der Waals surface area (Å²) in [5.74, 6) is 0. The Morgan fingerprint density at radius 1 is 1.17 bits per heavy atom. The number of aromatic nitrogens is 1. The first-order valence-corrected chi connectivity index (χ1v) is 11.0. The summed E-state index contributed by atoms with van der Waals surface area (Å²) in [7, 11) is -3.50. The number of thiophene rings is 2. The molecule has 0 aromatic carbocycles. The highest BCUT2D eigenvalue weighted by atomic mass is 32.2. The molecule has 0 amide bonds. The minimum atomic E-state index is -3.50. The number of nitrogens with zero attached hydrogens (tertiary/aromatic N) is 2. The van der Waals surface area contributed by atoms with Gasteiger partial charge in [0, 0.05) is 34.7 Å². The molecular weight excluding hydrogens is 360 g/mol. The first-order valence-electron chi connectivity index (χ1n) is 7.90. The Labute approximate surface area is 150 Å². The van der Waals surface area contributed by atoms with Gasteiger partial charge in [0.25, 0.3) is 10.0 Å². The number of aryl methyl sites for hydroxylation is 1. The number of sulfonamides is 1. The first kappa shape index (κ1) is 16.1. The van der Waals surface area contributed by atoms with E-state index >= 15 is 0 Å². The average Bonchev–Trinajstić information content (AvgIpc) is 3.33. The molecule has 0 aliphatic carbocycles. The maximum atomic E-state index is 13.3. The fourth-order valence-corrected chi connectivity index (χ4v) is 7.07. The van der Waals surface area contributed by atoms with Gasteiger partial charge in [0.1, 0.15) is 4.21 Å². The Balaban J connectivity index is 1.81. The van der Waals surface area contributed by atoms with Crippen molar-refractivity contribution in [2.24, 2.45) is 0 Å². The first-order chi connectivity index (χ1) is 11.6. The fourth-order valence-electron chi connectivity index (χ4n) is 3.16. The molecule has 3 aromatic rings. The molecule has 7 heteroatoms. The highest BCUT2D eigenvalue weighted by Gasteiger charge is 2.38. The summed E-state index contributed by atoms with van der Waals surface area (Å²) in [5.41, 5.74) is 1.04. The van der Waals surface area contributed by atoms with Crippen molar-refractivity contribution in [2.45, 2.75) is 30.1 Å². The molecular formula is C17H18N2O2S3. The van der Waals surface area contributed by atoms with Gasteiger partial charge < -0.3 is 4.57 Å². The van der Waals surface area contributed by atoms with Crippen molar-refractivity contribution in [2.75, 3.05) is 6.54 Å². The molecule has 4 nitrogen and oxygen atoms in total. The summed E-state index contributed by atoms with van der Waals surface area (Å²) in [6.07, 6.45) is 2.89. The maximum Gasteiger partial charge on any atom is 0.253 e. The zero-order chi connectivity index (χ0) is 16.7. The topological polar surface area (TPSA) is 42.3 Å². The van der Waals surface area contributed by atoms with Crippen molar-refractivity contribution < 1.29 is 8.42 Å². The van der Waals surface area contributed by atoms with E-state index in [1.165, 1.54) is 11.3 Å². The average molecular weight is 379 g/mol. The molecule has 1 aliphatic heterocycles. The Morgan fingerprint density at radius 3 is 2.75 bits per heavy atom. The maximum absolute atomic E-state index is 13.3. The number of rotatable bonds is 4. The number of hydrogen-bond acceptors (Lipinski definition) is 4. The van der Waals surface area contributed by atoms with E-state index in [1.807, 2.05) is 48.8 Å². The highest BCUT2D eigenvalue weighted by Crippen LogP contribution is 2.39. The standard InChI is InChI=1S/C17H18N2O2S3/c1-2-13-7-8-16(23-13)24(20,21)19-11-10-18-9-3-5-14(18)17(19)15-6-4-12-22-15/h3-9,12,17H,2,10-11H2,1H3. The fraction of sp³-hybridized carbons (Fsp3) is 0.294. The van der Waals surface area contributed by atoms with Crippen LogP contribution in [0.15, 0.2) is 52.2 Å². The zero-order valence-electron chi connectivity index (χ0n) is 13.3. The zero-order valence-corrected chi connectivity index (χ0v) is 15.7.